The minimum atomic E-state index is -0.613. The van der Waals surface area contributed by atoms with Gasteiger partial charge in [0.25, 0.3) is 0 Å². The molecule has 0 spiro atoms. The predicted molar refractivity (Wildman–Crippen MR) is 71.3 cm³/mol. The zero-order valence-electron chi connectivity index (χ0n) is 10.1. The Morgan fingerprint density at radius 3 is 3.06 bits per heavy atom. The Morgan fingerprint density at radius 2 is 2.41 bits per heavy atom. The lowest BCUT2D eigenvalue weighted by atomic mass is 9.89. The number of hydrogen-bond donors (Lipinski definition) is 2. The molecule has 0 aromatic carbocycles. The van der Waals surface area contributed by atoms with Crippen LogP contribution in [-0.4, -0.2) is 33.2 Å². The van der Waals surface area contributed by atoms with Crippen molar-refractivity contribution in [3.8, 4) is 0 Å². The molecule has 6 heteroatoms. The molecule has 96 valence electrons. The largest absolute Gasteiger partial charge is 0.388 e. The molecule has 2 atom stereocenters. The van der Waals surface area contributed by atoms with E-state index >= 15 is 0 Å². The average Bonchev–Trinajstić information content (AvgIpc) is 2.87. The van der Waals surface area contributed by atoms with Crippen molar-refractivity contribution in [3.05, 3.63) is 5.01 Å². The fourth-order valence-electron chi connectivity index (χ4n) is 2.43. The molecule has 4 nitrogen and oxygen atoms in total. The lowest BCUT2D eigenvalue weighted by Gasteiger charge is -2.28. The molecule has 0 aliphatic heterocycles. The van der Waals surface area contributed by atoms with E-state index in [2.05, 4.69) is 10.2 Å². The van der Waals surface area contributed by atoms with E-state index in [4.69, 9.17) is 5.73 Å². The highest BCUT2D eigenvalue weighted by Crippen LogP contribution is 2.38. The average molecular weight is 273 g/mol. The van der Waals surface area contributed by atoms with E-state index in [0.29, 0.717) is 12.5 Å². The number of hydrogen-bond acceptors (Lipinski definition) is 6. The molecule has 1 aliphatic rings. The number of nitrogens with two attached hydrogens (primary N) is 1. The van der Waals surface area contributed by atoms with Crippen LogP contribution in [0.5, 0.6) is 0 Å². The third-order valence-corrected chi connectivity index (χ3v) is 5.48. The Balaban J connectivity index is 1.78. The monoisotopic (exact) mass is 273 g/mol. The number of nitrogens with zero attached hydrogens (tertiary/aromatic N) is 2. The van der Waals surface area contributed by atoms with Crippen LogP contribution in [-0.2, 0) is 0 Å². The van der Waals surface area contributed by atoms with Gasteiger partial charge in [-0.05, 0) is 32.1 Å². The number of thioether (sulfide) groups is 1. The first-order valence-electron chi connectivity index (χ1n) is 5.99. The number of aliphatic hydroxyl groups is 1. The minimum absolute atomic E-state index is 0.356. The molecular formula is C11H19N3OS2. The minimum Gasteiger partial charge on any atom is -0.388 e. The highest BCUT2D eigenvalue weighted by Gasteiger charge is 2.39. The molecule has 1 aliphatic carbocycles. The van der Waals surface area contributed by atoms with Crippen LogP contribution in [0.3, 0.4) is 0 Å². The van der Waals surface area contributed by atoms with Gasteiger partial charge < -0.3 is 10.8 Å². The van der Waals surface area contributed by atoms with Crippen LogP contribution in [0.25, 0.3) is 0 Å². The van der Waals surface area contributed by atoms with Crippen LogP contribution < -0.4 is 5.73 Å². The number of aryl methyl sites for hydroxylation is 1. The highest BCUT2D eigenvalue weighted by atomic mass is 32.2. The van der Waals surface area contributed by atoms with E-state index in [9.17, 15) is 5.11 Å². The standard InChI is InChI=1S/C11H19N3OS2/c1-8-13-14-10(17-8)16-6-4-9-3-2-5-11(9,15)7-12/h9,15H,2-7,12H2,1H3. The van der Waals surface area contributed by atoms with Crippen LogP contribution in [0.15, 0.2) is 4.34 Å². The van der Waals surface area contributed by atoms with Gasteiger partial charge >= 0.3 is 0 Å². The summed E-state index contributed by atoms with van der Waals surface area (Å²) in [5, 5.41) is 19.4. The first-order chi connectivity index (χ1) is 8.14. The Morgan fingerprint density at radius 1 is 1.59 bits per heavy atom. The predicted octanol–water partition coefficient (Wildman–Crippen LogP) is 1.82. The molecule has 17 heavy (non-hydrogen) atoms. The summed E-state index contributed by atoms with van der Waals surface area (Å²) in [7, 11) is 0. The molecule has 0 bridgehead atoms. The molecule has 1 saturated carbocycles. The van der Waals surface area contributed by atoms with Crippen LogP contribution in [0.2, 0.25) is 0 Å². The molecule has 0 amide bonds. The molecule has 2 unspecified atom stereocenters. The fraction of sp³-hybridized carbons (Fsp3) is 0.818. The van der Waals surface area contributed by atoms with E-state index in [1.54, 1.807) is 23.1 Å². The number of rotatable bonds is 5. The van der Waals surface area contributed by atoms with E-state index < -0.39 is 5.60 Å². The second kappa shape index (κ2) is 5.65. The van der Waals surface area contributed by atoms with Crippen molar-refractivity contribution < 1.29 is 5.11 Å². The van der Waals surface area contributed by atoms with Gasteiger partial charge in [-0.15, -0.1) is 10.2 Å². The van der Waals surface area contributed by atoms with Crippen molar-refractivity contribution in [2.75, 3.05) is 12.3 Å². The Kier molecular flexibility index (Phi) is 4.41. The van der Waals surface area contributed by atoms with Crippen molar-refractivity contribution in [3.63, 3.8) is 0 Å². The third kappa shape index (κ3) is 3.19. The van der Waals surface area contributed by atoms with Gasteiger partial charge in [0, 0.05) is 12.3 Å². The maximum absolute atomic E-state index is 10.3. The summed E-state index contributed by atoms with van der Waals surface area (Å²) < 4.78 is 1.02. The zero-order valence-corrected chi connectivity index (χ0v) is 11.7. The third-order valence-electron chi connectivity index (χ3n) is 3.48. The van der Waals surface area contributed by atoms with Gasteiger partial charge in [-0.1, -0.05) is 29.5 Å². The molecule has 1 heterocycles. The molecular weight excluding hydrogens is 254 g/mol. The van der Waals surface area contributed by atoms with E-state index in [1.165, 1.54) is 0 Å². The summed E-state index contributed by atoms with van der Waals surface area (Å²) in [5.74, 6) is 1.34. The number of aromatic nitrogens is 2. The SMILES string of the molecule is Cc1nnc(SCCC2CCCC2(O)CN)s1. The van der Waals surface area contributed by atoms with E-state index in [0.717, 1.165) is 40.8 Å². The fourth-order valence-corrected chi connectivity index (χ4v) is 4.37. The molecule has 2 rings (SSSR count). The summed E-state index contributed by atoms with van der Waals surface area (Å²) in [5.41, 5.74) is 5.05. The lowest BCUT2D eigenvalue weighted by molar-refractivity contribution is 0.0104. The van der Waals surface area contributed by atoms with Gasteiger partial charge in [0.2, 0.25) is 0 Å². The molecule has 1 fully saturated rings. The van der Waals surface area contributed by atoms with Gasteiger partial charge in [0.05, 0.1) is 5.60 Å². The van der Waals surface area contributed by atoms with Gasteiger partial charge in [0.15, 0.2) is 4.34 Å². The van der Waals surface area contributed by atoms with Crippen molar-refractivity contribution >= 4 is 23.1 Å². The smallest absolute Gasteiger partial charge is 0.174 e. The van der Waals surface area contributed by atoms with Gasteiger partial charge in [-0.25, -0.2) is 0 Å². The quantitative estimate of drug-likeness (QED) is 0.801. The normalized spacial score (nSPS) is 28.8. The lowest BCUT2D eigenvalue weighted by Crippen LogP contribution is -2.41. The summed E-state index contributed by atoms with van der Waals surface area (Å²) in [6.07, 6.45) is 4.07. The van der Waals surface area contributed by atoms with Crippen molar-refractivity contribution in [2.45, 2.75) is 42.5 Å². The maximum atomic E-state index is 10.3. The molecule has 0 saturated heterocycles. The second-order valence-electron chi connectivity index (χ2n) is 4.62. The van der Waals surface area contributed by atoms with Crippen molar-refractivity contribution in [2.24, 2.45) is 11.7 Å². The van der Waals surface area contributed by atoms with Crippen LogP contribution in [0.1, 0.15) is 30.7 Å². The zero-order chi connectivity index (χ0) is 12.3. The topological polar surface area (TPSA) is 72.0 Å². The maximum Gasteiger partial charge on any atom is 0.174 e. The first kappa shape index (κ1) is 13.3. The Hall–Kier alpha value is -0.170. The van der Waals surface area contributed by atoms with Gasteiger partial charge in [0.1, 0.15) is 5.01 Å². The van der Waals surface area contributed by atoms with E-state index in [-0.39, 0.29) is 0 Å². The van der Waals surface area contributed by atoms with Crippen molar-refractivity contribution in [1.82, 2.24) is 10.2 Å². The second-order valence-corrected chi connectivity index (χ2v) is 7.14. The van der Waals surface area contributed by atoms with E-state index in [1.807, 2.05) is 6.92 Å². The van der Waals surface area contributed by atoms with Gasteiger partial charge in [-0.3, -0.25) is 0 Å². The van der Waals surface area contributed by atoms with Crippen molar-refractivity contribution in [1.29, 1.82) is 0 Å². The molecule has 1 aromatic heterocycles. The molecule has 0 radical (unpaired) electrons. The Labute approximate surface area is 110 Å². The van der Waals surface area contributed by atoms with Gasteiger partial charge in [-0.2, -0.15) is 0 Å². The summed E-state index contributed by atoms with van der Waals surface area (Å²) in [4.78, 5) is 0. The van der Waals surface area contributed by atoms with Crippen LogP contribution >= 0.6 is 23.1 Å². The molecule has 1 aromatic rings. The highest BCUT2D eigenvalue weighted by molar-refractivity contribution is 8.01. The summed E-state index contributed by atoms with van der Waals surface area (Å²) in [6, 6.07) is 0. The first-order valence-corrected chi connectivity index (χ1v) is 7.79. The summed E-state index contributed by atoms with van der Waals surface area (Å²) in [6.45, 7) is 2.35. The molecule has 3 N–H and O–H groups in total. The van der Waals surface area contributed by atoms with Crippen LogP contribution in [0.4, 0.5) is 0 Å². The summed E-state index contributed by atoms with van der Waals surface area (Å²) >= 11 is 3.36. The Bertz CT molecular complexity index is 371. The van der Waals surface area contributed by atoms with Crippen LogP contribution in [0, 0.1) is 12.8 Å².